The van der Waals surface area contributed by atoms with Gasteiger partial charge in [-0.1, -0.05) is 30.0 Å². The fraction of sp³-hybridized carbons (Fsp3) is 0.348. The number of thioether (sulfide) groups is 1. The van der Waals surface area contributed by atoms with Crippen molar-refractivity contribution < 1.29 is 4.79 Å². The Balaban J connectivity index is 1.88. The van der Waals surface area contributed by atoms with E-state index >= 15 is 0 Å². The SMILES string of the molecule is C=CCNC(=O)CSc1nc2sc3c(c2c(=O)n1-c1cc(C)ccc1C)CCCC3. The third kappa shape index (κ3) is 3.96. The number of carbonyl (C=O) groups is 1. The average Bonchev–Trinajstić information content (AvgIpc) is 3.11. The van der Waals surface area contributed by atoms with E-state index in [0.717, 1.165) is 52.7 Å². The molecule has 5 nitrogen and oxygen atoms in total. The molecule has 1 aliphatic carbocycles. The summed E-state index contributed by atoms with van der Waals surface area (Å²) in [6.07, 6.45) is 5.88. The Morgan fingerprint density at radius 1 is 1.33 bits per heavy atom. The van der Waals surface area contributed by atoms with Crippen molar-refractivity contribution in [1.82, 2.24) is 14.9 Å². The molecule has 0 aliphatic heterocycles. The highest BCUT2D eigenvalue weighted by molar-refractivity contribution is 7.99. The Kier molecular flexibility index (Phi) is 6.11. The molecule has 7 heteroatoms. The van der Waals surface area contributed by atoms with E-state index < -0.39 is 0 Å². The van der Waals surface area contributed by atoms with Crippen LogP contribution in [0.1, 0.15) is 34.4 Å². The van der Waals surface area contributed by atoms with Gasteiger partial charge < -0.3 is 5.32 Å². The number of carbonyl (C=O) groups excluding carboxylic acids is 1. The first-order chi connectivity index (χ1) is 14.5. The van der Waals surface area contributed by atoms with E-state index in [4.69, 9.17) is 4.98 Å². The number of aryl methyl sites for hydroxylation is 4. The maximum Gasteiger partial charge on any atom is 0.267 e. The number of aromatic nitrogens is 2. The van der Waals surface area contributed by atoms with Crippen molar-refractivity contribution in [3.05, 3.63) is 62.8 Å². The van der Waals surface area contributed by atoms with Gasteiger partial charge in [0.25, 0.3) is 5.56 Å². The van der Waals surface area contributed by atoms with Crippen LogP contribution >= 0.6 is 23.1 Å². The highest BCUT2D eigenvalue weighted by Crippen LogP contribution is 2.35. The minimum atomic E-state index is -0.104. The van der Waals surface area contributed by atoms with Crippen LogP contribution in [0.2, 0.25) is 0 Å². The average molecular weight is 440 g/mol. The Hall–Kier alpha value is -2.38. The van der Waals surface area contributed by atoms with Gasteiger partial charge in [0.05, 0.1) is 16.8 Å². The van der Waals surface area contributed by atoms with Crippen molar-refractivity contribution >= 4 is 39.2 Å². The fourth-order valence-electron chi connectivity index (χ4n) is 3.82. The molecule has 0 saturated carbocycles. The number of hydrogen-bond donors (Lipinski definition) is 1. The number of thiophene rings is 1. The van der Waals surface area contributed by atoms with Crippen molar-refractivity contribution in [3.8, 4) is 5.69 Å². The van der Waals surface area contributed by atoms with Crippen molar-refractivity contribution in [3.63, 3.8) is 0 Å². The van der Waals surface area contributed by atoms with Crippen LogP contribution in [-0.2, 0) is 17.6 Å². The van der Waals surface area contributed by atoms with E-state index in [2.05, 4.69) is 11.9 Å². The summed E-state index contributed by atoms with van der Waals surface area (Å²) >= 11 is 2.94. The molecule has 0 bridgehead atoms. The van der Waals surface area contributed by atoms with E-state index in [1.807, 2.05) is 32.0 Å². The lowest BCUT2D eigenvalue weighted by Gasteiger charge is -2.16. The number of benzene rings is 1. The predicted molar refractivity (Wildman–Crippen MR) is 125 cm³/mol. The second-order valence-corrected chi connectivity index (χ2v) is 9.62. The lowest BCUT2D eigenvalue weighted by Crippen LogP contribution is -2.27. The van der Waals surface area contributed by atoms with Crippen LogP contribution in [0.5, 0.6) is 0 Å². The topological polar surface area (TPSA) is 64.0 Å². The van der Waals surface area contributed by atoms with Crippen molar-refractivity contribution in [1.29, 1.82) is 0 Å². The van der Waals surface area contributed by atoms with Gasteiger partial charge in [0.1, 0.15) is 4.83 Å². The second-order valence-electron chi connectivity index (χ2n) is 7.60. The number of rotatable bonds is 6. The first-order valence-corrected chi connectivity index (χ1v) is 11.9. The van der Waals surface area contributed by atoms with Crippen LogP contribution < -0.4 is 10.9 Å². The summed E-state index contributed by atoms with van der Waals surface area (Å²) in [4.78, 5) is 32.9. The molecular weight excluding hydrogens is 414 g/mol. The molecule has 1 amide bonds. The molecule has 3 aromatic rings. The quantitative estimate of drug-likeness (QED) is 0.353. The molecule has 0 radical (unpaired) electrons. The molecule has 2 heterocycles. The summed E-state index contributed by atoms with van der Waals surface area (Å²) in [5.74, 6) is 0.0918. The number of nitrogens with one attached hydrogen (secondary N) is 1. The molecule has 1 N–H and O–H groups in total. The molecule has 0 atom stereocenters. The Bertz CT molecular complexity index is 1190. The normalized spacial score (nSPS) is 13.3. The molecule has 0 fully saturated rings. The van der Waals surface area contributed by atoms with E-state index in [-0.39, 0.29) is 17.2 Å². The largest absolute Gasteiger partial charge is 0.352 e. The smallest absolute Gasteiger partial charge is 0.267 e. The molecule has 2 aromatic heterocycles. The zero-order chi connectivity index (χ0) is 21.3. The van der Waals surface area contributed by atoms with Crippen LogP contribution in [-0.4, -0.2) is 27.8 Å². The molecule has 4 rings (SSSR count). The lowest BCUT2D eigenvalue weighted by atomic mass is 9.97. The van der Waals surface area contributed by atoms with Gasteiger partial charge in [-0.3, -0.25) is 14.2 Å². The second kappa shape index (κ2) is 8.78. The summed E-state index contributed by atoms with van der Waals surface area (Å²) in [5, 5.41) is 4.11. The summed E-state index contributed by atoms with van der Waals surface area (Å²) in [6.45, 7) is 8.06. The molecule has 1 aromatic carbocycles. The zero-order valence-corrected chi connectivity index (χ0v) is 18.9. The van der Waals surface area contributed by atoms with Crippen molar-refractivity contribution in [2.75, 3.05) is 12.3 Å². The minimum Gasteiger partial charge on any atom is -0.352 e. The monoisotopic (exact) mass is 439 g/mol. The third-order valence-corrected chi connectivity index (χ3v) is 7.46. The highest BCUT2D eigenvalue weighted by Gasteiger charge is 2.23. The van der Waals surface area contributed by atoms with Gasteiger partial charge in [0.15, 0.2) is 5.16 Å². The van der Waals surface area contributed by atoms with E-state index in [9.17, 15) is 9.59 Å². The summed E-state index contributed by atoms with van der Waals surface area (Å²) in [7, 11) is 0. The van der Waals surface area contributed by atoms with Gasteiger partial charge in [0, 0.05) is 11.4 Å². The Morgan fingerprint density at radius 2 is 2.13 bits per heavy atom. The third-order valence-electron chi connectivity index (χ3n) is 5.34. The minimum absolute atomic E-state index is 0.0258. The van der Waals surface area contributed by atoms with Gasteiger partial charge in [-0.25, -0.2) is 4.98 Å². The zero-order valence-electron chi connectivity index (χ0n) is 17.3. The van der Waals surface area contributed by atoms with Crippen molar-refractivity contribution in [2.45, 2.75) is 44.7 Å². The van der Waals surface area contributed by atoms with Crippen molar-refractivity contribution in [2.24, 2.45) is 0 Å². The molecule has 1 aliphatic rings. The van der Waals surface area contributed by atoms with Gasteiger partial charge in [-0.2, -0.15) is 0 Å². The fourth-order valence-corrected chi connectivity index (χ4v) is 5.96. The van der Waals surface area contributed by atoms with E-state index in [0.29, 0.717) is 11.7 Å². The molecule has 30 heavy (non-hydrogen) atoms. The first-order valence-electron chi connectivity index (χ1n) is 10.1. The summed E-state index contributed by atoms with van der Waals surface area (Å²) < 4.78 is 1.71. The van der Waals surface area contributed by atoms with E-state index in [1.165, 1.54) is 22.2 Å². The number of hydrogen-bond acceptors (Lipinski definition) is 5. The van der Waals surface area contributed by atoms with Crippen LogP contribution in [0.15, 0.2) is 40.8 Å². The van der Waals surface area contributed by atoms with Crippen LogP contribution in [0.3, 0.4) is 0 Å². The Morgan fingerprint density at radius 3 is 2.93 bits per heavy atom. The van der Waals surface area contributed by atoms with Gasteiger partial charge in [0.2, 0.25) is 5.91 Å². The predicted octanol–water partition coefficient (Wildman–Crippen LogP) is 4.34. The maximum atomic E-state index is 13.8. The van der Waals surface area contributed by atoms with E-state index in [1.54, 1.807) is 22.0 Å². The van der Waals surface area contributed by atoms with Gasteiger partial charge >= 0.3 is 0 Å². The first kappa shape index (κ1) is 20.9. The van der Waals surface area contributed by atoms with Crippen LogP contribution in [0.4, 0.5) is 0 Å². The van der Waals surface area contributed by atoms with Gasteiger partial charge in [-0.15, -0.1) is 17.9 Å². The molecule has 156 valence electrons. The maximum absolute atomic E-state index is 13.8. The summed E-state index contributed by atoms with van der Waals surface area (Å²) in [6, 6.07) is 6.08. The lowest BCUT2D eigenvalue weighted by molar-refractivity contribution is -0.118. The number of amides is 1. The molecule has 0 spiro atoms. The number of nitrogens with zero attached hydrogens (tertiary/aromatic N) is 2. The van der Waals surface area contributed by atoms with Crippen LogP contribution in [0, 0.1) is 13.8 Å². The Labute approximate surface area is 184 Å². The molecular formula is C23H25N3O2S2. The summed E-state index contributed by atoms with van der Waals surface area (Å²) in [5.41, 5.74) is 4.07. The van der Waals surface area contributed by atoms with Gasteiger partial charge in [-0.05, 0) is 62.3 Å². The number of fused-ring (bicyclic) bond motifs is 3. The molecule has 0 saturated heterocycles. The standard InChI is InChI=1S/C23H25N3O2S2/c1-4-11-24-19(27)13-29-23-25-21-20(16-7-5-6-8-18(16)30-21)22(28)26(23)17-12-14(2)9-10-15(17)3/h4,9-10,12H,1,5-8,11,13H2,2-3H3,(H,24,27). The molecule has 0 unspecified atom stereocenters. The highest BCUT2D eigenvalue weighted by atomic mass is 32.2. The van der Waals surface area contributed by atoms with Crippen LogP contribution in [0.25, 0.3) is 15.9 Å².